The van der Waals surface area contributed by atoms with Gasteiger partial charge in [-0.2, -0.15) is 5.10 Å². The van der Waals surface area contributed by atoms with Crippen molar-refractivity contribution in [3.8, 4) is 16.9 Å². The Kier molecular flexibility index (Phi) is 6.97. The number of aryl methyl sites for hydroxylation is 2. The standard InChI is InChI=1S/C25H29FN4O2/c1-18-8-9-19(2)23(16-18)30-24(17-22(28-30)20-6-3-4-7-21(20)26)25(31)27-10-5-11-29-12-14-32-15-13-29/h3-4,6-9,16-17H,5,10-15H2,1-2H3,(H,27,31). The van der Waals surface area contributed by atoms with E-state index in [0.29, 0.717) is 23.5 Å². The highest BCUT2D eigenvalue weighted by Crippen LogP contribution is 2.26. The van der Waals surface area contributed by atoms with Crippen LogP contribution in [0, 0.1) is 19.7 Å². The van der Waals surface area contributed by atoms with Gasteiger partial charge in [0, 0.05) is 25.2 Å². The number of aromatic nitrogens is 2. The molecule has 0 spiro atoms. The highest BCUT2D eigenvalue weighted by molar-refractivity contribution is 5.94. The molecular formula is C25H29FN4O2. The molecule has 4 rings (SSSR count). The van der Waals surface area contributed by atoms with Crippen molar-refractivity contribution < 1.29 is 13.9 Å². The summed E-state index contributed by atoms with van der Waals surface area (Å²) in [6, 6.07) is 14.2. The van der Waals surface area contributed by atoms with Gasteiger partial charge in [0.15, 0.2) is 0 Å². The number of nitrogens with zero attached hydrogens (tertiary/aromatic N) is 3. The normalized spacial score (nSPS) is 14.5. The molecule has 3 aromatic rings. The van der Waals surface area contributed by atoms with Crippen molar-refractivity contribution in [3.05, 3.63) is 71.2 Å². The van der Waals surface area contributed by atoms with Crippen LogP contribution >= 0.6 is 0 Å². The summed E-state index contributed by atoms with van der Waals surface area (Å²) < 4.78 is 21.4. The van der Waals surface area contributed by atoms with Crippen LogP contribution < -0.4 is 5.32 Å². The molecule has 168 valence electrons. The van der Waals surface area contributed by atoms with Gasteiger partial charge in [0.25, 0.3) is 5.91 Å². The molecule has 2 aromatic carbocycles. The monoisotopic (exact) mass is 436 g/mol. The fraction of sp³-hybridized carbons (Fsp3) is 0.360. The minimum absolute atomic E-state index is 0.219. The predicted octanol–water partition coefficient (Wildman–Crippen LogP) is 3.75. The molecule has 0 unspecified atom stereocenters. The van der Waals surface area contributed by atoms with E-state index < -0.39 is 0 Å². The Labute approximate surface area is 188 Å². The van der Waals surface area contributed by atoms with Gasteiger partial charge in [-0.25, -0.2) is 9.07 Å². The van der Waals surface area contributed by atoms with Gasteiger partial charge < -0.3 is 10.1 Å². The Balaban J connectivity index is 1.57. The maximum Gasteiger partial charge on any atom is 0.270 e. The van der Waals surface area contributed by atoms with E-state index in [1.54, 1.807) is 28.9 Å². The van der Waals surface area contributed by atoms with E-state index in [1.165, 1.54) is 6.07 Å². The molecular weight excluding hydrogens is 407 g/mol. The number of hydrogen-bond donors (Lipinski definition) is 1. The van der Waals surface area contributed by atoms with Gasteiger partial charge in [0.05, 0.1) is 24.6 Å². The zero-order chi connectivity index (χ0) is 22.5. The molecule has 0 radical (unpaired) electrons. The van der Waals surface area contributed by atoms with E-state index in [2.05, 4.69) is 15.3 Å². The molecule has 0 saturated carbocycles. The first-order valence-corrected chi connectivity index (χ1v) is 11.0. The molecule has 0 bridgehead atoms. The number of morpholine rings is 1. The first-order chi connectivity index (χ1) is 15.5. The van der Waals surface area contributed by atoms with Gasteiger partial charge in [0.2, 0.25) is 0 Å². The van der Waals surface area contributed by atoms with Crippen LogP contribution in [-0.4, -0.2) is 60.0 Å². The molecule has 0 aliphatic carbocycles. The summed E-state index contributed by atoms with van der Waals surface area (Å²) in [6.07, 6.45) is 0.851. The highest BCUT2D eigenvalue weighted by Gasteiger charge is 2.20. The van der Waals surface area contributed by atoms with Crippen LogP contribution in [0.25, 0.3) is 16.9 Å². The Morgan fingerprint density at radius 1 is 1.12 bits per heavy atom. The number of amides is 1. The quantitative estimate of drug-likeness (QED) is 0.573. The number of rotatable bonds is 7. The van der Waals surface area contributed by atoms with Crippen molar-refractivity contribution in [1.29, 1.82) is 0 Å². The van der Waals surface area contributed by atoms with Crippen molar-refractivity contribution in [2.24, 2.45) is 0 Å². The smallest absolute Gasteiger partial charge is 0.270 e. The maximum absolute atomic E-state index is 14.4. The van der Waals surface area contributed by atoms with Crippen LogP contribution in [0.2, 0.25) is 0 Å². The minimum atomic E-state index is -0.365. The summed E-state index contributed by atoms with van der Waals surface area (Å²) in [6.45, 7) is 8.83. The van der Waals surface area contributed by atoms with Gasteiger partial charge in [-0.1, -0.05) is 24.3 Å². The highest BCUT2D eigenvalue weighted by atomic mass is 19.1. The van der Waals surface area contributed by atoms with Gasteiger partial charge in [0.1, 0.15) is 11.5 Å². The molecule has 1 saturated heterocycles. The van der Waals surface area contributed by atoms with Crippen LogP contribution in [0.15, 0.2) is 48.5 Å². The topological polar surface area (TPSA) is 59.4 Å². The fourth-order valence-corrected chi connectivity index (χ4v) is 3.89. The van der Waals surface area contributed by atoms with E-state index in [1.807, 2.05) is 32.0 Å². The fourth-order valence-electron chi connectivity index (χ4n) is 3.89. The van der Waals surface area contributed by atoms with Crippen LogP contribution in [-0.2, 0) is 4.74 Å². The zero-order valence-corrected chi connectivity index (χ0v) is 18.6. The Morgan fingerprint density at radius 3 is 2.69 bits per heavy atom. The average molecular weight is 437 g/mol. The van der Waals surface area contributed by atoms with Crippen molar-refractivity contribution >= 4 is 5.91 Å². The number of hydrogen-bond acceptors (Lipinski definition) is 4. The number of benzene rings is 2. The minimum Gasteiger partial charge on any atom is -0.379 e. The molecule has 1 N–H and O–H groups in total. The molecule has 6 nitrogen and oxygen atoms in total. The van der Waals surface area contributed by atoms with Crippen molar-refractivity contribution in [2.75, 3.05) is 39.4 Å². The third kappa shape index (κ3) is 5.06. The summed E-state index contributed by atoms with van der Waals surface area (Å²) in [4.78, 5) is 15.5. The molecule has 32 heavy (non-hydrogen) atoms. The third-order valence-corrected chi connectivity index (χ3v) is 5.73. The molecule has 1 fully saturated rings. The van der Waals surface area contributed by atoms with Crippen molar-refractivity contribution in [1.82, 2.24) is 20.0 Å². The number of ether oxygens (including phenoxy) is 1. The van der Waals surface area contributed by atoms with Crippen LogP contribution in [0.3, 0.4) is 0 Å². The summed E-state index contributed by atoms with van der Waals surface area (Å²) in [5.41, 5.74) is 4.06. The van der Waals surface area contributed by atoms with E-state index >= 15 is 0 Å². The second-order valence-electron chi connectivity index (χ2n) is 8.16. The number of carbonyl (C=O) groups is 1. The van der Waals surface area contributed by atoms with Crippen LogP contribution in [0.4, 0.5) is 4.39 Å². The van der Waals surface area contributed by atoms with E-state index in [0.717, 1.165) is 56.1 Å². The van der Waals surface area contributed by atoms with Crippen molar-refractivity contribution in [3.63, 3.8) is 0 Å². The molecule has 1 amide bonds. The summed E-state index contributed by atoms with van der Waals surface area (Å²) in [5, 5.41) is 7.64. The lowest BCUT2D eigenvalue weighted by Crippen LogP contribution is -2.38. The Morgan fingerprint density at radius 2 is 1.91 bits per heavy atom. The molecule has 1 aromatic heterocycles. The van der Waals surface area contributed by atoms with Crippen LogP contribution in [0.5, 0.6) is 0 Å². The average Bonchev–Trinajstić information content (AvgIpc) is 3.24. The number of carbonyl (C=O) groups excluding carboxylic acids is 1. The predicted molar refractivity (Wildman–Crippen MR) is 123 cm³/mol. The van der Waals surface area contributed by atoms with Crippen LogP contribution in [0.1, 0.15) is 28.0 Å². The van der Waals surface area contributed by atoms with E-state index in [-0.39, 0.29) is 11.7 Å². The summed E-state index contributed by atoms with van der Waals surface area (Å²) in [5.74, 6) is -0.585. The lowest BCUT2D eigenvalue weighted by molar-refractivity contribution is 0.0374. The molecule has 0 atom stereocenters. The number of halogens is 1. The van der Waals surface area contributed by atoms with Gasteiger partial charge in [-0.05, 0) is 62.2 Å². The Hall–Kier alpha value is -3.03. The molecule has 7 heteroatoms. The second kappa shape index (κ2) is 10.1. The molecule has 2 heterocycles. The SMILES string of the molecule is Cc1ccc(C)c(-n2nc(-c3ccccc3F)cc2C(=O)NCCCN2CCOCC2)c1. The first-order valence-electron chi connectivity index (χ1n) is 11.0. The Bertz CT molecular complexity index is 1090. The van der Waals surface area contributed by atoms with Gasteiger partial charge in [-0.15, -0.1) is 0 Å². The second-order valence-corrected chi connectivity index (χ2v) is 8.16. The van der Waals surface area contributed by atoms with Gasteiger partial charge >= 0.3 is 0 Å². The summed E-state index contributed by atoms with van der Waals surface area (Å²) >= 11 is 0. The van der Waals surface area contributed by atoms with E-state index in [4.69, 9.17) is 4.74 Å². The third-order valence-electron chi connectivity index (χ3n) is 5.73. The van der Waals surface area contributed by atoms with E-state index in [9.17, 15) is 9.18 Å². The lowest BCUT2D eigenvalue weighted by Gasteiger charge is -2.26. The first kappa shape index (κ1) is 22.2. The van der Waals surface area contributed by atoms with Crippen molar-refractivity contribution in [2.45, 2.75) is 20.3 Å². The van der Waals surface area contributed by atoms with Gasteiger partial charge in [-0.3, -0.25) is 9.69 Å². The largest absolute Gasteiger partial charge is 0.379 e. The summed E-state index contributed by atoms with van der Waals surface area (Å²) in [7, 11) is 0. The maximum atomic E-state index is 14.4. The lowest BCUT2D eigenvalue weighted by atomic mass is 10.1. The zero-order valence-electron chi connectivity index (χ0n) is 18.6. The number of nitrogens with one attached hydrogen (secondary N) is 1. The molecule has 1 aliphatic rings. The molecule has 1 aliphatic heterocycles.